The van der Waals surface area contributed by atoms with Crippen LogP contribution in [0.15, 0.2) is 84.9 Å². The molecule has 1 atom stereocenters. The molecule has 0 saturated carbocycles. The van der Waals surface area contributed by atoms with Crippen molar-refractivity contribution in [2.45, 2.75) is 19.1 Å². The zero-order valence-corrected chi connectivity index (χ0v) is 20.0. The van der Waals surface area contributed by atoms with Crippen molar-refractivity contribution < 1.29 is 33.7 Å². The predicted octanol–water partition coefficient (Wildman–Crippen LogP) is 2.44. The van der Waals surface area contributed by atoms with Crippen molar-refractivity contribution in [2.75, 3.05) is 6.54 Å². The molecule has 0 fully saturated rings. The fourth-order valence-electron chi connectivity index (χ4n) is 3.17. The highest BCUT2D eigenvalue weighted by atomic mass is 16.7. The van der Waals surface area contributed by atoms with Crippen LogP contribution in [0.2, 0.25) is 0 Å². The number of rotatable bonds is 10. The normalized spacial score (nSPS) is 10.9. The van der Waals surface area contributed by atoms with E-state index in [0.29, 0.717) is 0 Å². The molecule has 0 spiro atoms. The van der Waals surface area contributed by atoms with Gasteiger partial charge in [0.1, 0.15) is 12.6 Å². The van der Waals surface area contributed by atoms with Crippen molar-refractivity contribution in [3.63, 3.8) is 0 Å². The average Bonchev–Trinajstić information content (AvgIpc) is 2.94. The van der Waals surface area contributed by atoms with E-state index in [2.05, 4.69) is 15.5 Å². The number of nitrogens with zero attached hydrogens (tertiary/aromatic N) is 1. The molecule has 0 aromatic heterocycles. The third-order valence-electron chi connectivity index (χ3n) is 5.10. The highest BCUT2D eigenvalue weighted by molar-refractivity contribution is 5.92. The molecule has 0 heterocycles. The third kappa shape index (κ3) is 8.75. The number of alkyl carbamates (subject to hydrolysis) is 1. The zero-order chi connectivity index (χ0) is 27.3. The van der Waals surface area contributed by atoms with Crippen molar-refractivity contribution >= 4 is 29.6 Å². The molecule has 12 nitrogen and oxygen atoms in total. The maximum Gasteiger partial charge on any atom is 0.408 e. The number of nitrogens with one attached hydrogen (secondary N) is 3. The van der Waals surface area contributed by atoms with Gasteiger partial charge in [0, 0.05) is 18.6 Å². The highest BCUT2D eigenvalue weighted by Gasteiger charge is 2.23. The van der Waals surface area contributed by atoms with Crippen molar-refractivity contribution in [2.24, 2.45) is 0 Å². The monoisotopic (exact) mass is 520 g/mol. The maximum atomic E-state index is 12.8. The van der Waals surface area contributed by atoms with E-state index in [4.69, 9.17) is 4.74 Å². The second kappa shape index (κ2) is 13.7. The molecule has 0 aliphatic heterocycles. The summed E-state index contributed by atoms with van der Waals surface area (Å²) in [4.78, 5) is 64.0. The lowest BCUT2D eigenvalue weighted by atomic mass is 10.1. The lowest BCUT2D eigenvalue weighted by Crippen LogP contribution is -2.50. The minimum atomic E-state index is -1.06. The summed E-state index contributed by atoms with van der Waals surface area (Å²) >= 11 is 0. The van der Waals surface area contributed by atoms with E-state index in [-0.39, 0.29) is 24.3 Å². The quantitative estimate of drug-likeness (QED) is 0.271. The fraction of sp³-hybridized carbons (Fsp3) is 0.154. The SMILES string of the molecule is O=C(CNC(=O)C(Cc1ccccc1)NC(=O)OCc1ccccc1)NOC(=O)c1ccc([N+](=O)[O-])cc1. The summed E-state index contributed by atoms with van der Waals surface area (Å²) in [7, 11) is 0. The Hall–Kier alpha value is -5.26. The van der Waals surface area contributed by atoms with E-state index in [0.717, 1.165) is 23.3 Å². The Morgan fingerprint density at radius 2 is 1.45 bits per heavy atom. The van der Waals surface area contributed by atoms with Gasteiger partial charge in [-0.15, -0.1) is 0 Å². The molecule has 38 heavy (non-hydrogen) atoms. The average molecular weight is 520 g/mol. The van der Waals surface area contributed by atoms with Crippen molar-refractivity contribution in [3.8, 4) is 0 Å². The molecule has 0 saturated heterocycles. The topological polar surface area (TPSA) is 166 Å². The molecule has 3 aromatic carbocycles. The molecule has 3 amide bonds. The van der Waals surface area contributed by atoms with Gasteiger partial charge in [0.25, 0.3) is 11.6 Å². The fourth-order valence-corrected chi connectivity index (χ4v) is 3.17. The summed E-state index contributed by atoms with van der Waals surface area (Å²) in [5.74, 6) is -2.47. The molecule has 1 unspecified atom stereocenters. The second-order valence-electron chi connectivity index (χ2n) is 7.88. The molecule has 0 radical (unpaired) electrons. The summed E-state index contributed by atoms with van der Waals surface area (Å²) in [6, 6.07) is 21.5. The lowest BCUT2D eigenvalue weighted by Gasteiger charge is -2.18. The summed E-state index contributed by atoms with van der Waals surface area (Å²) in [5, 5.41) is 15.6. The number of hydrogen-bond acceptors (Lipinski definition) is 8. The molecule has 3 aromatic rings. The Kier molecular flexibility index (Phi) is 9.87. The Morgan fingerprint density at radius 3 is 2.05 bits per heavy atom. The van der Waals surface area contributed by atoms with Gasteiger partial charge in [-0.25, -0.2) is 9.59 Å². The van der Waals surface area contributed by atoms with E-state index in [1.54, 1.807) is 48.5 Å². The second-order valence-corrected chi connectivity index (χ2v) is 7.88. The van der Waals surface area contributed by atoms with Crippen LogP contribution in [-0.2, 0) is 32.2 Å². The van der Waals surface area contributed by atoms with Gasteiger partial charge < -0.3 is 20.2 Å². The number of hydroxylamine groups is 1. The number of non-ortho nitro benzene ring substituents is 1. The van der Waals surface area contributed by atoms with Crippen LogP contribution in [0.4, 0.5) is 10.5 Å². The number of carbonyl (C=O) groups excluding carboxylic acids is 4. The molecular formula is C26H24N4O8. The molecule has 0 aliphatic carbocycles. The Balaban J connectivity index is 1.51. The number of nitro benzene ring substituents is 1. The number of hydrogen-bond donors (Lipinski definition) is 3. The number of amides is 3. The highest BCUT2D eigenvalue weighted by Crippen LogP contribution is 2.12. The van der Waals surface area contributed by atoms with Crippen molar-refractivity contribution in [1.29, 1.82) is 0 Å². The van der Waals surface area contributed by atoms with Gasteiger partial charge in [0.15, 0.2) is 0 Å². The molecule has 3 rings (SSSR count). The number of benzene rings is 3. The van der Waals surface area contributed by atoms with E-state index in [9.17, 15) is 29.3 Å². The van der Waals surface area contributed by atoms with E-state index in [1.165, 1.54) is 12.1 Å². The third-order valence-corrected chi connectivity index (χ3v) is 5.10. The smallest absolute Gasteiger partial charge is 0.408 e. The summed E-state index contributed by atoms with van der Waals surface area (Å²) in [6.07, 6.45) is -0.685. The maximum absolute atomic E-state index is 12.8. The first-order valence-corrected chi connectivity index (χ1v) is 11.3. The van der Waals surface area contributed by atoms with E-state index >= 15 is 0 Å². The minimum absolute atomic E-state index is 0.00881. The Morgan fingerprint density at radius 1 is 0.842 bits per heavy atom. The van der Waals surface area contributed by atoms with Gasteiger partial charge in [0.05, 0.1) is 17.0 Å². The molecule has 0 bridgehead atoms. The van der Waals surface area contributed by atoms with Crippen molar-refractivity contribution in [1.82, 2.24) is 16.1 Å². The number of carbonyl (C=O) groups is 4. The van der Waals surface area contributed by atoms with Gasteiger partial charge in [-0.3, -0.25) is 19.7 Å². The molecule has 0 aliphatic rings. The predicted molar refractivity (Wildman–Crippen MR) is 133 cm³/mol. The van der Waals surface area contributed by atoms with Crippen molar-refractivity contribution in [3.05, 3.63) is 112 Å². The van der Waals surface area contributed by atoms with Crippen LogP contribution in [0.5, 0.6) is 0 Å². The summed E-state index contributed by atoms with van der Waals surface area (Å²) in [5.41, 5.74) is 3.19. The number of nitro groups is 1. The Labute approximate surface area is 217 Å². The van der Waals surface area contributed by atoms with Gasteiger partial charge in [-0.1, -0.05) is 60.7 Å². The standard InChI is InChI=1S/C26H24N4O8/c31-23(29-38-25(33)20-11-13-21(14-12-20)30(35)36)16-27-24(32)22(15-18-7-3-1-4-8-18)28-26(34)37-17-19-9-5-2-6-10-19/h1-14,22H,15-17H2,(H,27,32)(H,28,34)(H,29,31). The molecule has 12 heteroatoms. The first kappa shape index (κ1) is 27.3. The zero-order valence-electron chi connectivity index (χ0n) is 20.0. The largest absolute Gasteiger partial charge is 0.445 e. The van der Waals surface area contributed by atoms with Gasteiger partial charge in [-0.2, -0.15) is 5.48 Å². The summed E-state index contributed by atoms with van der Waals surface area (Å²) in [6.45, 7) is -0.548. The molecule has 196 valence electrons. The molecule has 3 N–H and O–H groups in total. The van der Waals surface area contributed by atoms with Crippen LogP contribution in [0.3, 0.4) is 0 Å². The van der Waals surface area contributed by atoms with Crippen LogP contribution in [0.1, 0.15) is 21.5 Å². The summed E-state index contributed by atoms with van der Waals surface area (Å²) < 4.78 is 5.20. The molecular weight excluding hydrogens is 496 g/mol. The van der Waals surface area contributed by atoms with Crippen LogP contribution in [-0.4, -0.2) is 41.4 Å². The van der Waals surface area contributed by atoms with Gasteiger partial charge in [0.2, 0.25) is 5.91 Å². The van der Waals surface area contributed by atoms with Crippen LogP contribution in [0, 0.1) is 10.1 Å². The number of ether oxygens (including phenoxy) is 1. The van der Waals surface area contributed by atoms with Gasteiger partial charge in [-0.05, 0) is 23.3 Å². The van der Waals surface area contributed by atoms with Crippen LogP contribution >= 0.6 is 0 Å². The van der Waals surface area contributed by atoms with E-state index < -0.39 is 41.4 Å². The first-order valence-electron chi connectivity index (χ1n) is 11.3. The first-order chi connectivity index (χ1) is 18.3. The Bertz CT molecular complexity index is 1270. The van der Waals surface area contributed by atoms with Gasteiger partial charge >= 0.3 is 12.1 Å². The van der Waals surface area contributed by atoms with E-state index in [1.807, 2.05) is 17.6 Å². The lowest BCUT2D eigenvalue weighted by molar-refractivity contribution is -0.384. The minimum Gasteiger partial charge on any atom is -0.445 e. The van der Waals surface area contributed by atoms with Crippen LogP contribution < -0.4 is 16.1 Å². The van der Waals surface area contributed by atoms with Crippen LogP contribution in [0.25, 0.3) is 0 Å².